The van der Waals surface area contributed by atoms with Crippen LogP contribution in [0.15, 0.2) is 18.2 Å². The lowest BCUT2D eigenvalue weighted by molar-refractivity contribution is 0.174. The molecule has 0 aromatic heterocycles. The lowest BCUT2D eigenvalue weighted by atomic mass is 10.2. The van der Waals surface area contributed by atoms with Crippen LogP contribution in [0.1, 0.15) is 5.56 Å². The number of benzene rings is 1. The summed E-state index contributed by atoms with van der Waals surface area (Å²) in [4.78, 5) is 2.16. The SMILES string of the molecule is CN(C)CCNCc1ccc2c(c1)OCO2. The highest BCUT2D eigenvalue weighted by atomic mass is 16.7. The van der Waals surface area contributed by atoms with Gasteiger partial charge in [-0.3, -0.25) is 0 Å². The van der Waals surface area contributed by atoms with E-state index in [0.717, 1.165) is 31.1 Å². The first kappa shape index (κ1) is 11.2. The Hall–Kier alpha value is -1.26. The summed E-state index contributed by atoms with van der Waals surface area (Å²) < 4.78 is 10.6. The molecular weight excluding hydrogens is 204 g/mol. The van der Waals surface area contributed by atoms with Crippen LogP contribution in [0.4, 0.5) is 0 Å². The molecule has 4 heteroatoms. The van der Waals surface area contributed by atoms with Crippen molar-refractivity contribution in [1.29, 1.82) is 0 Å². The fourth-order valence-electron chi connectivity index (χ4n) is 1.59. The van der Waals surface area contributed by atoms with E-state index in [0.29, 0.717) is 6.79 Å². The summed E-state index contributed by atoms with van der Waals surface area (Å²) >= 11 is 0. The highest BCUT2D eigenvalue weighted by Gasteiger charge is 2.12. The fourth-order valence-corrected chi connectivity index (χ4v) is 1.59. The van der Waals surface area contributed by atoms with Crippen LogP contribution in [0.5, 0.6) is 11.5 Å². The molecule has 0 radical (unpaired) electrons. The monoisotopic (exact) mass is 222 g/mol. The van der Waals surface area contributed by atoms with Gasteiger partial charge in [0, 0.05) is 19.6 Å². The van der Waals surface area contributed by atoms with E-state index in [9.17, 15) is 0 Å². The number of nitrogens with one attached hydrogen (secondary N) is 1. The summed E-state index contributed by atoms with van der Waals surface area (Å²) in [5.41, 5.74) is 1.23. The van der Waals surface area contributed by atoms with Crippen molar-refractivity contribution in [3.8, 4) is 11.5 Å². The summed E-state index contributed by atoms with van der Waals surface area (Å²) in [7, 11) is 4.14. The Morgan fingerprint density at radius 1 is 1.25 bits per heavy atom. The van der Waals surface area contributed by atoms with Gasteiger partial charge in [0.1, 0.15) is 0 Å². The highest BCUT2D eigenvalue weighted by molar-refractivity contribution is 5.44. The third-order valence-corrected chi connectivity index (χ3v) is 2.50. The number of fused-ring (bicyclic) bond motifs is 1. The molecule has 1 N–H and O–H groups in total. The molecule has 1 aliphatic heterocycles. The minimum atomic E-state index is 0.340. The van der Waals surface area contributed by atoms with Crippen LogP contribution in [0.2, 0.25) is 0 Å². The van der Waals surface area contributed by atoms with Crippen molar-refractivity contribution >= 4 is 0 Å². The molecule has 1 aromatic carbocycles. The summed E-state index contributed by atoms with van der Waals surface area (Å²) in [6.07, 6.45) is 0. The number of hydrogen-bond acceptors (Lipinski definition) is 4. The van der Waals surface area contributed by atoms with E-state index in [2.05, 4.69) is 30.4 Å². The molecule has 4 nitrogen and oxygen atoms in total. The van der Waals surface area contributed by atoms with Crippen molar-refractivity contribution in [2.45, 2.75) is 6.54 Å². The molecular formula is C12H18N2O2. The zero-order valence-corrected chi connectivity index (χ0v) is 9.82. The van der Waals surface area contributed by atoms with E-state index in [1.54, 1.807) is 0 Å². The lowest BCUT2D eigenvalue weighted by Crippen LogP contribution is -2.26. The van der Waals surface area contributed by atoms with Gasteiger partial charge < -0.3 is 19.7 Å². The van der Waals surface area contributed by atoms with E-state index < -0.39 is 0 Å². The maximum absolute atomic E-state index is 5.33. The van der Waals surface area contributed by atoms with Crippen LogP contribution in [-0.2, 0) is 6.54 Å². The molecule has 0 unspecified atom stereocenters. The predicted molar refractivity (Wildman–Crippen MR) is 62.8 cm³/mol. The first-order valence-electron chi connectivity index (χ1n) is 5.49. The van der Waals surface area contributed by atoms with Gasteiger partial charge in [0.25, 0.3) is 0 Å². The van der Waals surface area contributed by atoms with Crippen molar-refractivity contribution in [3.63, 3.8) is 0 Å². The summed E-state index contributed by atoms with van der Waals surface area (Å²) in [5.74, 6) is 1.70. The van der Waals surface area contributed by atoms with Gasteiger partial charge in [-0.1, -0.05) is 6.07 Å². The Labute approximate surface area is 96.2 Å². The summed E-state index contributed by atoms with van der Waals surface area (Å²) in [5, 5.41) is 3.39. The number of ether oxygens (including phenoxy) is 2. The van der Waals surface area contributed by atoms with E-state index >= 15 is 0 Å². The summed E-state index contributed by atoms with van der Waals surface area (Å²) in [6.45, 7) is 3.24. The lowest BCUT2D eigenvalue weighted by Gasteiger charge is -2.10. The van der Waals surface area contributed by atoms with Gasteiger partial charge in [0.05, 0.1) is 0 Å². The average Bonchev–Trinajstić information content (AvgIpc) is 2.71. The zero-order valence-electron chi connectivity index (χ0n) is 9.82. The third kappa shape index (κ3) is 2.87. The average molecular weight is 222 g/mol. The Morgan fingerprint density at radius 2 is 2.06 bits per heavy atom. The Kier molecular flexibility index (Phi) is 3.64. The molecule has 0 aliphatic carbocycles. The molecule has 0 spiro atoms. The minimum Gasteiger partial charge on any atom is -0.454 e. The molecule has 2 rings (SSSR count). The van der Waals surface area contributed by atoms with Crippen LogP contribution < -0.4 is 14.8 Å². The van der Waals surface area contributed by atoms with Gasteiger partial charge in [-0.15, -0.1) is 0 Å². The molecule has 0 amide bonds. The maximum atomic E-state index is 5.33. The largest absolute Gasteiger partial charge is 0.454 e. The molecule has 1 aromatic rings. The first-order chi connectivity index (χ1) is 7.75. The van der Waals surface area contributed by atoms with Crippen LogP contribution >= 0.6 is 0 Å². The number of rotatable bonds is 5. The summed E-state index contributed by atoms with van der Waals surface area (Å²) in [6, 6.07) is 6.06. The van der Waals surface area contributed by atoms with E-state index in [4.69, 9.17) is 9.47 Å². The van der Waals surface area contributed by atoms with Crippen LogP contribution in [0.3, 0.4) is 0 Å². The molecule has 0 atom stereocenters. The topological polar surface area (TPSA) is 33.7 Å². The second-order valence-corrected chi connectivity index (χ2v) is 4.17. The van der Waals surface area contributed by atoms with Crippen molar-refractivity contribution in [2.24, 2.45) is 0 Å². The molecule has 1 heterocycles. The molecule has 88 valence electrons. The van der Waals surface area contributed by atoms with Gasteiger partial charge in [-0.05, 0) is 31.8 Å². The third-order valence-electron chi connectivity index (χ3n) is 2.50. The van der Waals surface area contributed by atoms with Crippen LogP contribution in [-0.4, -0.2) is 38.9 Å². The normalized spacial score (nSPS) is 13.4. The smallest absolute Gasteiger partial charge is 0.231 e. The quantitative estimate of drug-likeness (QED) is 0.756. The Bertz CT molecular complexity index is 353. The van der Waals surface area contributed by atoms with Crippen molar-refractivity contribution in [1.82, 2.24) is 10.2 Å². The predicted octanol–water partition coefficient (Wildman–Crippen LogP) is 1.07. The Morgan fingerprint density at radius 3 is 2.88 bits per heavy atom. The van der Waals surface area contributed by atoms with Crippen molar-refractivity contribution in [2.75, 3.05) is 34.0 Å². The molecule has 0 bridgehead atoms. The Balaban J connectivity index is 1.81. The molecule has 16 heavy (non-hydrogen) atoms. The zero-order chi connectivity index (χ0) is 11.4. The van der Waals surface area contributed by atoms with E-state index in [-0.39, 0.29) is 0 Å². The van der Waals surface area contributed by atoms with Crippen LogP contribution in [0, 0.1) is 0 Å². The van der Waals surface area contributed by atoms with E-state index in [1.165, 1.54) is 5.56 Å². The van der Waals surface area contributed by atoms with Gasteiger partial charge in [0.15, 0.2) is 11.5 Å². The minimum absolute atomic E-state index is 0.340. The second kappa shape index (κ2) is 5.18. The van der Waals surface area contributed by atoms with Gasteiger partial charge >= 0.3 is 0 Å². The van der Waals surface area contributed by atoms with Gasteiger partial charge in [-0.2, -0.15) is 0 Å². The highest BCUT2D eigenvalue weighted by Crippen LogP contribution is 2.32. The van der Waals surface area contributed by atoms with Crippen LogP contribution in [0.25, 0.3) is 0 Å². The van der Waals surface area contributed by atoms with Gasteiger partial charge in [0.2, 0.25) is 6.79 Å². The second-order valence-electron chi connectivity index (χ2n) is 4.17. The molecule has 0 fully saturated rings. The molecule has 0 saturated heterocycles. The van der Waals surface area contributed by atoms with Crippen molar-refractivity contribution in [3.05, 3.63) is 23.8 Å². The molecule has 0 saturated carbocycles. The number of hydrogen-bond donors (Lipinski definition) is 1. The first-order valence-corrected chi connectivity index (χ1v) is 5.49. The standard InChI is InChI=1S/C12H18N2O2/c1-14(2)6-5-13-8-10-3-4-11-12(7-10)16-9-15-11/h3-4,7,13H,5-6,8-9H2,1-2H3. The van der Waals surface area contributed by atoms with Gasteiger partial charge in [-0.25, -0.2) is 0 Å². The maximum Gasteiger partial charge on any atom is 0.231 e. The number of likely N-dealkylation sites (N-methyl/N-ethyl adjacent to an activating group) is 1. The van der Waals surface area contributed by atoms with E-state index in [1.807, 2.05) is 12.1 Å². The molecule has 1 aliphatic rings. The number of nitrogens with zero attached hydrogens (tertiary/aromatic N) is 1. The van der Waals surface area contributed by atoms with Crippen molar-refractivity contribution < 1.29 is 9.47 Å². The fraction of sp³-hybridized carbons (Fsp3) is 0.500.